The number of aromatic nitrogens is 3. The van der Waals surface area contributed by atoms with E-state index in [1.165, 1.54) is 11.1 Å². The van der Waals surface area contributed by atoms with E-state index in [1.54, 1.807) is 6.07 Å². The number of carbonyl (C=O) groups is 1. The number of benzene rings is 2. The molecule has 2 N–H and O–H groups in total. The molecule has 0 saturated heterocycles. The van der Waals surface area contributed by atoms with Gasteiger partial charge in [0.15, 0.2) is 5.65 Å². The molecule has 2 heterocycles. The van der Waals surface area contributed by atoms with Crippen molar-refractivity contribution in [1.29, 1.82) is 0 Å². The highest BCUT2D eigenvalue weighted by Gasteiger charge is 2.27. The first-order valence-electron chi connectivity index (χ1n) is 11.1. The van der Waals surface area contributed by atoms with Gasteiger partial charge in [0.2, 0.25) is 0 Å². The van der Waals surface area contributed by atoms with Crippen LogP contribution < -0.4 is 4.74 Å². The molecule has 0 atom stereocenters. The summed E-state index contributed by atoms with van der Waals surface area (Å²) in [5, 5.41) is 9.68. The number of imidazole rings is 1. The molecule has 168 valence electrons. The zero-order valence-corrected chi connectivity index (χ0v) is 19.0. The first-order valence-corrected chi connectivity index (χ1v) is 11.5. The van der Waals surface area contributed by atoms with Gasteiger partial charge in [-0.2, -0.15) is 4.98 Å². The van der Waals surface area contributed by atoms with Crippen molar-refractivity contribution in [3.8, 4) is 28.4 Å². The smallest absolute Gasteiger partial charge is 0.306 e. The van der Waals surface area contributed by atoms with E-state index in [4.69, 9.17) is 26.4 Å². The van der Waals surface area contributed by atoms with Gasteiger partial charge in [0.05, 0.1) is 16.6 Å². The Balaban J connectivity index is 1.35. The van der Waals surface area contributed by atoms with Crippen LogP contribution in [0, 0.1) is 12.8 Å². The highest BCUT2D eigenvalue weighted by Crippen LogP contribution is 2.32. The maximum Gasteiger partial charge on any atom is 0.306 e. The Kier molecular flexibility index (Phi) is 5.77. The van der Waals surface area contributed by atoms with Crippen LogP contribution in [0.25, 0.3) is 33.5 Å². The zero-order chi connectivity index (χ0) is 22.9. The van der Waals surface area contributed by atoms with Crippen LogP contribution in [0.3, 0.4) is 0 Å². The van der Waals surface area contributed by atoms with Gasteiger partial charge in [0.25, 0.3) is 6.01 Å². The number of hydrogen-bond acceptors (Lipinski definition) is 4. The first-order chi connectivity index (χ1) is 16.0. The molecule has 1 aliphatic carbocycles. The lowest BCUT2D eigenvalue weighted by molar-refractivity contribution is -0.143. The lowest BCUT2D eigenvalue weighted by Gasteiger charge is -2.25. The summed E-state index contributed by atoms with van der Waals surface area (Å²) in [6, 6.07) is 18.8. The Hall–Kier alpha value is -3.38. The summed E-state index contributed by atoms with van der Waals surface area (Å²) in [6.45, 7) is 2.08. The predicted octanol–water partition coefficient (Wildman–Crippen LogP) is 6.28. The lowest BCUT2D eigenvalue weighted by Crippen LogP contribution is -2.28. The highest BCUT2D eigenvalue weighted by atomic mass is 35.5. The van der Waals surface area contributed by atoms with Crippen molar-refractivity contribution >= 4 is 28.7 Å². The number of pyridine rings is 1. The third-order valence-corrected chi connectivity index (χ3v) is 6.50. The van der Waals surface area contributed by atoms with Crippen LogP contribution in [0.1, 0.15) is 31.2 Å². The number of H-pyrrole nitrogens is 1. The van der Waals surface area contributed by atoms with Crippen LogP contribution in [-0.2, 0) is 4.79 Å². The molecule has 0 aliphatic heterocycles. The van der Waals surface area contributed by atoms with E-state index < -0.39 is 5.97 Å². The standard InChI is InChI=1S/C26H24ClN3O3/c1-15-3-2-4-19(13-15)16-5-7-17(8-6-16)23-21(27)14-22-24(29-23)30-26(28-22)33-20-11-9-18(10-12-20)25(31)32/h2-8,13-14,18,20H,9-12H2,1H3,(H,31,32)(H,28,29,30)/t18-,20-. The number of nitrogens with zero attached hydrogens (tertiary/aromatic N) is 2. The molecule has 6 nitrogen and oxygen atoms in total. The number of aliphatic carboxylic acids is 1. The number of fused-ring (bicyclic) bond motifs is 1. The molecular formula is C26H24ClN3O3. The van der Waals surface area contributed by atoms with Gasteiger partial charge in [-0.3, -0.25) is 9.78 Å². The van der Waals surface area contributed by atoms with Crippen molar-refractivity contribution in [3.63, 3.8) is 0 Å². The van der Waals surface area contributed by atoms with Gasteiger partial charge in [0.1, 0.15) is 11.6 Å². The quantitative estimate of drug-likeness (QED) is 0.365. The summed E-state index contributed by atoms with van der Waals surface area (Å²) in [5.74, 6) is -1.00. The van der Waals surface area contributed by atoms with Gasteiger partial charge in [-0.1, -0.05) is 65.7 Å². The molecule has 4 aromatic rings. The van der Waals surface area contributed by atoms with E-state index >= 15 is 0 Å². The third-order valence-electron chi connectivity index (χ3n) is 6.21. The van der Waals surface area contributed by atoms with Crippen LogP contribution in [0.2, 0.25) is 5.02 Å². The minimum Gasteiger partial charge on any atom is -0.481 e. The van der Waals surface area contributed by atoms with Crippen LogP contribution in [-0.4, -0.2) is 32.1 Å². The molecule has 0 amide bonds. The number of aryl methyl sites for hydroxylation is 1. The number of ether oxygens (including phenoxy) is 1. The minimum absolute atomic E-state index is 0.0507. The number of halogens is 1. The van der Waals surface area contributed by atoms with Gasteiger partial charge in [-0.25, -0.2) is 4.98 Å². The first kappa shape index (κ1) is 21.5. The van der Waals surface area contributed by atoms with Crippen LogP contribution in [0.5, 0.6) is 6.01 Å². The van der Waals surface area contributed by atoms with Crippen molar-refractivity contribution in [3.05, 3.63) is 65.2 Å². The van der Waals surface area contributed by atoms with E-state index in [2.05, 4.69) is 53.3 Å². The Bertz CT molecular complexity index is 1310. The molecule has 1 aliphatic rings. The maximum absolute atomic E-state index is 11.1. The zero-order valence-electron chi connectivity index (χ0n) is 18.2. The Morgan fingerprint density at radius 3 is 2.42 bits per heavy atom. The Labute approximate surface area is 196 Å². The molecule has 0 unspecified atom stereocenters. The van der Waals surface area contributed by atoms with E-state index in [1.807, 2.05) is 12.1 Å². The number of aromatic amines is 1. The second kappa shape index (κ2) is 8.87. The van der Waals surface area contributed by atoms with Crippen molar-refractivity contribution < 1.29 is 14.6 Å². The molecule has 2 aromatic carbocycles. The summed E-state index contributed by atoms with van der Waals surface area (Å²) in [5.41, 5.74) is 6.36. The molecule has 0 radical (unpaired) electrons. The fourth-order valence-corrected chi connectivity index (χ4v) is 4.64. The topological polar surface area (TPSA) is 88.1 Å². The summed E-state index contributed by atoms with van der Waals surface area (Å²) < 4.78 is 5.99. The van der Waals surface area contributed by atoms with Crippen molar-refractivity contribution in [1.82, 2.24) is 15.0 Å². The molecule has 33 heavy (non-hydrogen) atoms. The molecular weight excluding hydrogens is 438 g/mol. The van der Waals surface area contributed by atoms with E-state index in [0.29, 0.717) is 53.6 Å². The van der Waals surface area contributed by atoms with E-state index in [0.717, 1.165) is 11.1 Å². The van der Waals surface area contributed by atoms with E-state index in [9.17, 15) is 4.79 Å². The lowest BCUT2D eigenvalue weighted by atomic mass is 9.87. The second-order valence-corrected chi connectivity index (χ2v) is 9.01. The monoisotopic (exact) mass is 461 g/mol. The predicted molar refractivity (Wildman–Crippen MR) is 129 cm³/mol. The van der Waals surface area contributed by atoms with Crippen LogP contribution in [0.15, 0.2) is 54.6 Å². The number of rotatable bonds is 5. The summed E-state index contributed by atoms with van der Waals surface area (Å²) >= 11 is 6.55. The molecule has 5 rings (SSSR count). The normalized spacial score (nSPS) is 18.4. The van der Waals surface area contributed by atoms with Crippen molar-refractivity contribution in [2.45, 2.75) is 38.7 Å². The third kappa shape index (κ3) is 4.57. The maximum atomic E-state index is 11.1. The van der Waals surface area contributed by atoms with Crippen molar-refractivity contribution in [2.24, 2.45) is 5.92 Å². The SMILES string of the molecule is Cc1cccc(-c2ccc(-c3nc4[nH]c(O[C@H]5CC[C@H](C(=O)O)CC5)nc4cc3Cl)cc2)c1. The number of carboxylic acids is 1. The van der Waals surface area contributed by atoms with Gasteiger partial charge in [-0.15, -0.1) is 0 Å². The summed E-state index contributed by atoms with van der Waals surface area (Å²) in [7, 11) is 0. The molecule has 0 spiro atoms. The fraction of sp³-hybridized carbons (Fsp3) is 0.269. The van der Waals surface area contributed by atoms with Gasteiger partial charge < -0.3 is 9.84 Å². The largest absolute Gasteiger partial charge is 0.481 e. The molecule has 1 fully saturated rings. The second-order valence-electron chi connectivity index (χ2n) is 8.61. The number of carboxylic acid groups (broad SMARTS) is 1. The number of nitrogens with one attached hydrogen (secondary N) is 1. The van der Waals surface area contributed by atoms with Crippen LogP contribution in [0.4, 0.5) is 0 Å². The summed E-state index contributed by atoms with van der Waals surface area (Å²) in [4.78, 5) is 23.5. The Morgan fingerprint density at radius 1 is 1.00 bits per heavy atom. The van der Waals surface area contributed by atoms with E-state index in [-0.39, 0.29) is 12.0 Å². The van der Waals surface area contributed by atoms with Gasteiger partial charge in [0, 0.05) is 5.56 Å². The molecule has 2 aromatic heterocycles. The molecule has 0 bridgehead atoms. The van der Waals surface area contributed by atoms with Gasteiger partial charge >= 0.3 is 5.97 Å². The molecule has 1 saturated carbocycles. The minimum atomic E-state index is -0.726. The fourth-order valence-electron chi connectivity index (χ4n) is 4.38. The highest BCUT2D eigenvalue weighted by molar-refractivity contribution is 6.33. The van der Waals surface area contributed by atoms with Crippen LogP contribution >= 0.6 is 11.6 Å². The number of hydrogen-bond donors (Lipinski definition) is 2. The molecule has 7 heteroatoms. The van der Waals surface area contributed by atoms with Crippen molar-refractivity contribution in [2.75, 3.05) is 0 Å². The Morgan fingerprint density at radius 2 is 1.73 bits per heavy atom. The average Bonchev–Trinajstić information content (AvgIpc) is 3.20. The summed E-state index contributed by atoms with van der Waals surface area (Å²) in [6.07, 6.45) is 2.58. The van der Waals surface area contributed by atoms with Gasteiger partial charge in [-0.05, 0) is 49.8 Å². The average molecular weight is 462 g/mol.